The van der Waals surface area contributed by atoms with E-state index in [-0.39, 0.29) is 6.04 Å². The van der Waals surface area contributed by atoms with E-state index in [0.29, 0.717) is 5.75 Å². The summed E-state index contributed by atoms with van der Waals surface area (Å²) in [5.41, 5.74) is 0.984. The molecule has 106 valence electrons. The van der Waals surface area contributed by atoms with E-state index in [1.54, 1.807) is 17.4 Å². The molecule has 20 heavy (non-hydrogen) atoms. The Balaban J connectivity index is 2.00. The minimum atomic E-state index is 0.144. The second kappa shape index (κ2) is 6.26. The summed E-state index contributed by atoms with van der Waals surface area (Å²) in [7, 11) is 0. The third-order valence-corrected chi connectivity index (χ3v) is 5.03. The number of benzene rings is 1. The van der Waals surface area contributed by atoms with Gasteiger partial charge in [-0.25, -0.2) is 0 Å². The van der Waals surface area contributed by atoms with E-state index >= 15 is 0 Å². The lowest BCUT2D eigenvalue weighted by atomic mass is 10.0. The third-order valence-electron chi connectivity index (χ3n) is 3.62. The maximum Gasteiger partial charge on any atom is 0.121 e. The van der Waals surface area contributed by atoms with Gasteiger partial charge in [-0.3, -0.25) is 4.90 Å². The molecule has 1 aliphatic heterocycles. The van der Waals surface area contributed by atoms with E-state index in [1.165, 1.54) is 4.88 Å². The van der Waals surface area contributed by atoms with Gasteiger partial charge in [0, 0.05) is 41.1 Å². The maximum atomic E-state index is 10.3. The van der Waals surface area contributed by atoms with Crippen LogP contribution in [0.15, 0.2) is 40.2 Å². The molecule has 2 heterocycles. The Labute approximate surface area is 131 Å². The quantitative estimate of drug-likeness (QED) is 0.890. The van der Waals surface area contributed by atoms with Gasteiger partial charge in [-0.15, -0.1) is 11.3 Å². The fourth-order valence-corrected chi connectivity index (χ4v) is 3.89. The zero-order valence-electron chi connectivity index (χ0n) is 11.1. The van der Waals surface area contributed by atoms with Crippen molar-refractivity contribution in [2.45, 2.75) is 6.04 Å². The molecule has 1 atom stereocenters. The average molecular weight is 353 g/mol. The lowest BCUT2D eigenvalue weighted by Crippen LogP contribution is -2.45. The number of thiophene rings is 1. The van der Waals surface area contributed by atoms with Crippen molar-refractivity contribution >= 4 is 27.3 Å². The minimum absolute atomic E-state index is 0.144. The van der Waals surface area contributed by atoms with Crippen LogP contribution in [0.1, 0.15) is 16.5 Å². The molecule has 1 fully saturated rings. The summed E-state index contributed by atoms with van der Waals surface area (Å²) in [6, 6.07) is 10.2. The number of piperazine rings is 1. The molecule has 1 aromatic carbocycles. The molecule has 0 radical (unpaired) electrons. The number of halogens is 1. The van der Waals surface area contributed by atoms with Crippen LogP contribution < -0.4 is 5.32 Å². The second-order valence-corrected chi connectivity index (χ2v) is 6.80. The summed E-state index contributed by atoms with van der Waals surface area (Å²) in [6.07, 6.45) is 0. The number of aromatic hydroxyl groups is 1. The number of rotatable bonds is 3. The van der Waals surface area contributed by atoms with Gasteiger partial charge in [-0.05, 0) is 23.6 Å². The number of nitrogens with one attached hydrogen (secondary N) is 1. The fourth-order valence-electron chi connectivity index (χ4n) is 2.67. The van der Waals surface area contributed by atoms with E-state index in [2.05, 4.69) is 43.7 Å². The lowest BCUT2D eigenvalue weighted by molar-refractivity contribution is 0.198. The molecule has 0 unspecified atom stereocenters. The highest BCUT2D eigenvalue weighted by molar-refractivity contribution is 9.10. The summed E-state index contributed by atoms with van der Waals surface area (Å²) in [5, 5.41) is 15.8. The molecule has 0 spiro atoms. The van der Waals surface area contributed by atoms with Crippen LogP contribution >= 0.6 is 27.3 Å². The topological polar surface area (TPSA) is 35.5 Å². The molecule has 2 aromatic rings. The molecule has 1 saturated heterocycles. The van der Waals surface area contributed by atoms with E-state index < -0.39 is 0 Å². The first-order valence-corrected chi connectivity index (χ1v) is 8.39. The van der Waals surface area contributed by atoms with Crippen LogP contribution in [0.3, 0.4) is 0 Å². The number of phenols is 1. The highest BCUT2D eigenvalue weighted by Gasteiger charge is 2.26. The summed E-state index contributed by atoms with van der Waals surface area (Å²) in [6.45, 7) is 3.99. The molecule has 1 aromatic heterocycles. The molecule has 3 rings (SSSR count). The monoisotopic (exact) mass is 352 g/mol. The Bertz CT molecular complexity index is 567. The summed E-state index contributed by atoms with van der Waals surface area (Å²) >= 11 is 5.16. The molecule has 0 aliphatic carbocycles. The molecule has 2 N–H and O–H groups in total. The van der Waals surface area contributed by atoms with Crippen LogP contribution in [0.4, 0.5) is 0 Å². The highest BCUT2D eigenvalue weighted by Crippen LogP contribution is 2.37. The molecule has 1 aliphatic rings. The molecule has 0 amide bonds. The molecule has 5 heteroatoms. The van der Waals surface area contributed by atoms with Crippen LogP contribution in [0.5, 0.6) is 5.75 Å². The maximum absolute atomic E-state index is 10.3. The Morgan fingerprint density at radius 1 is 1.25 bits per heavy atom. The summed E-state index contributed by atoms with van der Waals surface area (Å²) < 4.78 is 0.906. The van der Waals surface area contributed by atoms with Crippen LogP contribution in [0.25, 0.3) is 0 Å². The number of phenolic OH excluding ortho intramolecular Hbond substituents is 1. The molecule has 0 saturated carbocycles. The Kier molecular flexibility index (Phi) is 4.41. The Morgan fingerprint density at radius 3 is 2.70 bits per heavy atom. The van der Waals surface area contributed by atoms with Crippen LogP contribution in [0, 0.1) is 0 Å². The summed E-state index contributed by atoms with van der Waals surface area (Å²) in [5.74, 6) is 0.358. The van der Waals surface area contributed by atoms with Gasteiger partial charge in [-0.1, -0.05) is 28.1 Å². The highest BCUT2D eigenvalue weighted by atomic mass is 79.9. The van der Waals surface area contributed by atoms with Crippen molar-refractivity contribution in [3.63, 3.8) is 0 Å². The first-order valence-electron chi connectivity index (χ1n) is 6.72. The second-order valence-electron chi connectivity index (χ2n) is 4.91. The van der Waals surface area contributed by atoms with E-state index in [9.17, 15) is 5.11 Å². The SMILES string of the molecule is Oc1cc(Br)ccc1[C@H](c1cccs1)N1CCNCC1. The van der Waals surface area contributed by atoms with Crippen molar-refractivity contribution in [1.82, 2.24) is 10.2 Å². The zero-order valence-corrected chi connectivity index (χ0v) is 13.5. The Hall–Kier alpha value is -0.880. The van der Waals surface area contributed by atoms with Crippen molar-refractivity contribution in [1.29, 1.82) is 0 Å². The molecule has 3 nitrogen and oxygen atoms in total. The van der Waals surface area contributed by atoms with Crippen molar-refractivity contribution in [3.8, 4) is 5.75 Å². The standard InChI is InChI=1S/C15H17BrN2OS/c16-11-3-4-12(13(19)10-11)15(14-2-1-9-20-14)18-7-5-17-6-8-18/h1-4,9-10,15,17,19H,5-8H2/t15-/m1/s1. The average Bonchev–Trinajstić information content (AvgIpc) is 2.97. The van der Waals surface area contributed by atoms with Gasteiger partial charge in [0.15, 0.2) is 0 Å². The van der Waals surface area contributed by atoms with Gasteiger partial charge in [0.2, 0.25) is 0 Å². The number of hydrogen-bond donors (Lipinski definition) is 2. The third kappa shape index (κ3) is 2.91. The number of nitrogens with zero attached hydrogens (tertiary/aromatic N) is 1. The van der Waals surface area contributed by atoms with Gasteiger partial charge >= 0.3 is 0 Å². The molecule has 0 bridgehead atoms. The molecular weight excluding hydrogens is 336 g/mol. The summed E-state index contributed by atoms with van der Waals surface area (Å²) in [4.78, 5) is 3.72. The minimum Gasteiger partial charge on any atom is -0.508 e. The van der Waals surface area contributed by atoms with Crippen LogP contribution in [-0.2, 0) is 0 Å². The van der Waals surface area contributed by atoms with Gasteiger partial charge in [-0.2, -0.15) is 0 Å². The predicted molar refractivity (Wildman–Crippen MR) is 86.4 cm³/mol. The van der Waals surface area contributed by atoms with Crippen molar-refractivity contribution in [2.24, 2.45) is 0 Å². The Morgan fingerprint density at radius 2 is 2.05 bits per heavy atom. The van der Waals surface area contributed by atoms with Crippen molar-refractivity contribution < 1.29 is 5.11 Å². The zero-order chi connectivity index (χ0) is 13.9. The van der Waals surface area contributed by atoms with Gasteiger partial charge in [0.25, 0.3) is 0 Å². The number of hydrogen-bond acceptors (Lipinski definition) is 4. The van der Waals surface area contributed by atoms with E-state index in [4.69, 9.17) is 0 Å². The normalized spacial score (nSPS) is 18.1. The van der Waals surface area contributed by atoms with Crippen molar-refractivity contribution in [2.75, 3.05) is 26.2 Å². The van der Waals surface area contributed by atoms with Gasteiger partial charge in [0.05, 0.1) is 6.04 Å². The molecular formula is C15H17BrN2OS. The first kappa shape index (κ1) is 14.1. The smallest absolute Gasteiger partial charge is 0.121 e. The van der Waals surface area contributed by atoms with E-state index in [0.717, 1.165) is 36.2 Å². The predicted octanol–water partition coefficient (Wildman–Crippen LogP) is 3.21. The van der Waals surface area contributed by atoms with Crippen LogP contribution in [-0.4, -0.2) is 36.2 Å². The van der Waals surface area contributed by atoms with E-state index in [1.807, 2.05) is 12.1 Å². The van der Waals surface area contributed by atoms with Gasteiger partial charge in [0.1, 0.15) is 5.75 Å². The van der Waals surface area contributed by atoms with Gasteiger partial charge < -0.3 is 10.4 Å². The largest absolute Gasteiger partial charge is 0.508 e. The van der Waals surface area contributed by atoms with Crippen molar-refractivity contribution in [3.05, 3.63) is 50.6 Å². The van der Waals surface area contributed by atoms with Crippen LogP contribution in [0.2, 0.25) is 0 Å². The fraction of sp³-hybridized carbons (Fsp3) is 0.333. The lowest BCUT2D eigenvalue weighted by Gasteiger charge is -2.35. The first-order chi connectivity index (χ1) is 9.75.